The van der Waals surface area contributed by atoms with Gasteiger partial charge in [-0.15, -0.1) is 0 Å². The summed E-state index contributed by atoms with van der Waals surface area (Å²) in [7, 11) is 1.79. The Morgan fingerprint density at radius 2 is 2.38 bits per heavy atom. The molecule has 16 heavy (non-hydrogen) atoms. The first-order valence-corrected chi connectivity index (χ1v) is 5.29. The molecule has 0 saturated carbocycles. The van der Waals surface area contributed by atoms with Crippen LogP contribution in [0.2, 0.25) is 0 Å². The van der Waals surface area contributed by atoms with Gasteiger partial charge in [0.25, 0.3) is 0 Å². The number of hydrogen-bond donors (Lipinski definition) is 1. The lowest BCUT2D eigenvalue weighted by atomic mass is 10.4. The molecular weight excluding hydrogens is 276 g/mol. The van der Waals surface area contributed by atoms with Crippen molar-refractivity contribution in [2.45, 2.75) is 6.54 Å². The molecule has 2 aromatic heterocycles. The molecule has 2 heterocycles. The van der Waals surface area contributed by atoms with Gasteiger partial charge in [0.15, 0.2) is 0 Å². The van der Waals surface area contributed by atoms with Gasteiger partial charge in [0.05, 0.1) is 16.7 Å². The van der Waals surface area contributed by atoms with Crippen molar-refractivity contribution in [1.29, 1.82) is 0 Å². The van der Waals surface area contributed by atoms with Crippen LogP contribution in [0.25, 0.3) is 0 Å². The van der Waals surface area contributed by atoms with E-state index < -0.39 is 5.97 Å². The van der Waals surface area contributed by atoms with Crippen molar-refractivity contribution >= 4 is 21.9 Å². The molecule has 0 spiro atoms. The van der Waals surface area contributed by atoms with Gasteiger partial charge < -0.3 is 9.67 Å². The van der Waals surface area contributed by atoms with Crippen molar-refractivity contribution in [3.05, 3.63) is 34.6 Å². The van der Waals surface area contributed by atoms with E-state index in [0.717, 1.165) is 5.82 Å². The van der Waals surface area contributed by atoms with E-state index in [1.807, 2.05) is 0 Å². The predicted molar refractivity (Wildman–Crippen MR) is 59.2 cm³/mol. The normalized spacial score (nSPS) is 10.6. The number of aryl methyl sites for hydroxylation is 1. The highest BCUT2D eigenvalue weighted by Gasteiger charge is 2.11. The topological polar surface area (TPSA) is 72.9 Å². The number of carbonyl (C=O) groups is 1. The third kappa shape index (κ3) is 1.99. The number of aromatic carboxylic acids is 1. The van der Waals surface area contributed by atoms with Crippen LogP contribution in [0.15, 0.2) is 23.2 Å². The molecule has 1 N–H and O–H groups in total. The molecule has 0 atom stereocenters. The van der Waals surface area contributed by atoms with Crippen LogP contribution in [0.5, 0.6) is 0 Å². The molecule has 6 nitrogen and oxygen atoms in total. The average molecular weight is 285 g/mol. The van der Waals surface area contributed by atoms with Crippen molar-refractivity contribution in [2.75, 3.05) is 0 Å². The maximum atomic E-state index is 10.8. The van der Waals surface area contributed by atoms with Gasteiger partial charge in [-0.2, -0.15) is 5.10 Å². The molecule has 84 valence electrons. The number of halogens is 1. The van der Waals surface area contributed by atoms with Crippen LogP contribution in [-0.4, -0.2) is 30.4 Å². The Kier molecular flexibility index (Phi) is 2.78. The first-order valence-electron chi connectivity index (χ1n) is 4.50. The molecule has 0 fully saturated rings. The smallest absolute Gasteiger partial charge is 0.337 e. The lowest BCUT2D eigenvalue weighted by molar-refractivity contribution is 0.0697. The van der Waals surface area contributed by atoms with E-state index >= 15 is 0 Å². The standard InChI is InChI=1S/C9H9BrN4O2/c1-13-8(11-5-12-13)4-14-3-6(9(15)16)2-7(14)10/h2-3,5H,4H2,1H3,(H,15,16). The van der Waals surface area contributed by atoms with E-state index in [-0.39, 0.29) is 5.56 Å². The Hall–Kier alpha value is -1.63. The Balaban J connectivity index is 2.28. The summed E-state index contributed by atoms with van der Waals surface area (Å²) in [5, 5.41) is 12.8. The van der Waals surface area contributed by atoms with Crippen molar-refractivity contribution < 1.29 is 9.90 Å². The minimum Gasteiger partial charge on any atom is -0.478 e. The Bertz CT molecular complexity index is 531. The van der Waals surface area contributed by atoms with Crippen LogP contribution in [0, 0.1) is 0 Å². The zero-order valence-corrected chi connectivity index (χ0v) is 10.0. The summed E-state index contributed by atoms with van der Waals surface area (Å²) >= 11 is 3.30. The summed E-state index contributed by atoms with van der Waals surface area (Å²) in [5.41, 5.74) is 0.244. The summed E-state index contributed by atoms with van der Waals surface area (Å²) in [5.74, 6) is -0.189. The van der Waals surface area contributed by atoms with Gasteiger partial charge in [0, 0.05) is 13.2 Å². The summed E-state index contributed by atoms with van der Waals surface area (Å²) in [4.78, 5) is 14.8. The van der Waals surface area contributed by atoms with E-state index in [1.165, 1.54) is 6.33 Å². The Morgan fingerprint density at radius 1 is 1.62 bits per heavy atom. The monoisotopic (exact) mass is 284 g/mol. The molecule has 0 unspecified atom stereocenters. The molecule has 2 rings (SSSR count). The molecule has 0 aliphatic carbocycles. The highest BCUT2D eigenvalue weighted by molar-refractivity contribution is 9.10. The largest absolute Gasteiger partial charge is 0.478 e. The zero-order valence-electron chi connectivity index (χ0n) is 8.46. The number of aromatic nitrogens is 4. The van der Waals surface area contributed by atoms with Gasteiger partial charge in [-0.3, -0.25) is 4.68 Å². The maximum Gasteiger partial charge on any atom is 0.337 e. The second-order valence-electron chi connectivity index (χ2n) is 3.28. The van der Waals surface area contributed by atoms with Gasteiger partial charge in [-0.05, 0) is 22.0 Å². The number of carboxylic acids is 1. The predicted octanol–water partition coefficient (Wildman–Crippen LogP) is 1.13. The van der Waals surface area contributed by atoms with Crippen molar-refractivity contribution in [2.24, 2.45) is 7.05 Å². The van der Waals surface area contributed by atoms with Gasteiger partial charge in [-0.1, -0.05) is 0 Å². The second-order valence-corrected chi connectivity index (χ2v) is 4.10. The third-order valence-electron chi connectivity index (χ3n) is 2.21. The number of hydrogen-bond acceptors (Lipinski definition) is 3. The van der Waals surface area contributed by atoms with Gasteiger partial charge in [0.2, 0.25) is 0 Å². The fourth-order valence-electron chi connectivity index (χ4n) is 1.33. The van der Waals surface area contributed by atoms with Crippen LogP contribution in [0.3, 0.4) is 0 Å². The van der Waals surface area contributed by atoms with Gasteiger partial charge >= 0.3 is 5.97 Å². The van der Waals surface area contributed by atoms with Crippen LogP contribution >= 0.6 is 15.9 Å². The molecular formula is C9H9BrN4O2. The molecule has 0 aliphatic rings. The number of carboxylic acid groups (broad SMARTS) is 1. The highest BCUT2D eigenvalue weighted by atomic mass is 79.9. The van der Waals surface area contributed by atoms with E-state index in [1.54, 1.807) is 28.6 Å². The van der Waals surface area contributed by atoms with E-state index in [0.29, 0.717) is 11.1 Å². The molecule has 0 amide bonds. The van der Waals surface area contributed by atoms with Gasteiger partial charge in [-0.25, -0.2) is 9.78 Å². The van der Waals surface area contributed by atoms with Crippen LogP contribution in [0.1, 0.15) is 16.2 Å². The maximum absolute atomic E-state index is 10.8. The fourth-order valence-corrected chi connectivity index (χ4v) is 1.81. The highest BCUT2D eigenvalue weighted by Crippen LogP contribution is 2.16. The fraction of sp³-hybridized carbons (Fsp3) is 0.222. The lowest BCUT2D eigenvalue weighted by Crippen LogP contribution is -2.06. The second kappa shape index (κ2) is 4.09. The zero-order chi connectivity index (χ0) is 11.7. The van der Waals surface area contributed by atoms with Crippen molar-refractivity contribution in [1.82, 2.24) is 19.3 Å². The molecule has 0 aromatic carbocycles. The first kappa shape index (κ1) is 10.9. The van der Waals surface area contributed by atoms with Crippen LogP contribution in [-0.2, 0) is 13.6 Å². The van der Waals surface area contributed by atoms with Crippen LogP contribution < -0.4 is 0 Å². The SMILES string of the molecule is Cn1ncnc1Cn1cc(C(=O)O)cc1Br. The van der Waals surface area contributed by atoms with Crippen LogP contribution in [0.4, 0.5) is 0 Å². The molecule has 0 radical (unpaired) electrons. The van der Waals surface area contributed by atoms with E-state index in [4.69, 9.17) is 5.11 Å². The summed E-state index contributed by atoms with van der Waals surface area (Å²) < 4.78 is 4.10. The minimum absolute atomic E-state index is 0.244. The average Bonchev–Trinajstić information content (AvgIpc) is 2.76. The van der Waals surface area contributed by atoms with E-state index in [2.05, 4.69) is 26.0 Å². The third-order valence-corrected chi connectivity index (χ3v) is 2.89. The number of rotatable bonds is 3. The number of nitrogens with zero attached hydrogens (tertiary/aromatic N) is 4. The van der Waals surface area contributed by atoms with Crippen molar-refractivity contribution in [3.8, 4) is 0 Å². The summed E-state index contributed by atoms with van der Waals surface area (Å²) in [6.07, 6.45) is 3.02. The summed E-state index contributed by atoms with van der Waals surface area (Å²) in [6.45, 7) is 0.477. The molecule has 2 aromatic rings. The Morgan fingerprint density at radius 3 is 2.88 bits per heavy atom. The van der Waals surface area contributed by atoms with E-state index in [9.17, 15) is 4.79 Å². The molecule has 0 saturated heterocycles. The minimum atomic E-state index is -0.947. The van der Waals surface area contributed by atoms with Gasteiger partial charge in [0.1, 0.15) is 12.2 Å². The molecule has 0 aliphatic heterocycles. The quantitative estimate of drug-likeness (QED) is 0.917. The molecule has 0 bridgehead atoms. The lowest BCUT2D eigenvalue weighted by Gasteiger charge is -2.03. The molecule has 7 heteroatoms. The Labute approximate surface area is 99.7 Å². The van der Waals surface area contributed by atoms with Crippen molar-refractivity contribution in [3.63, 3.8) is 0 Å². The first-order chi connectivity index (χ1) is 7.58. The summed E-state index contributed by atoms with van der Waals surface area (Å²) in [6, 6.07) is 1.55.